The predicted octanol–water partition coefficient (Wildman–Crippen LogP) is 3.48. The highest BCUT2D eigenvalue weighted by atomic mass is 35.5. The molecule has 0 atom stereocenters. The number of ether oxygens (including phenoxy) is 3. The number of hydrogen-bond acceptors (Lipinski definition) is 5. The summed E-state index contributed by atoms with van der Waals surface area (Å²) in [5.74, 6) is 2.16. The third-order valence-electron chi connectivity index (χ3n) is 2.50. The van der Waals surface area contributed by atoms with Gasteiger partial charge in [0.2, 0.25) is 5.75 Å². The minimum atomic E-state index is 0.380. The fourth-order valence-corrected chi connectivity index (χ4v) is 2.29. The highest BCUT2D eigenvalue weighted by molar-refractivity contribution is 7.09. The molecule has 1 heterocycles. The van der Waals surface area contributed by atoms with Crippen LogP contribution in [0.1, 0.15) is 10.6 Å². The van der Waals surface area contributed by atoms with Crippen LogP contribution in [0.25, 0.3) is 0 Å². The van der Waals surface area contributed by atoms with Gasteiger partial charge in [-0.05, 0) is 17.7 Å². The zero-order valence-electron chi connectivity index (χ0n) is 10.7. The van der Waals surface area contributed by atoms with Crippen LogP contribution in [0.5, 0.6) is 17.2 Å². The first-order valence-corrected chi connectivity index (χ1v) is 7.02. The molecule has 1 aromatic carbocycles. The summed E-state index contributed by atoms with van der Waals surface area (Å²) in [4.78, 5) is 4.17. The van der Waals surface area contributed by atoms with E-state index < -0.39 is 0 Å². The summed E-state index contributed by atoms with van der Waals surface area (Å²) < 4.78 is 16.4. The van der Waals surface area contributed by atoms with Crippen molar-refractivity contribution in [3.8, 4) is 17.2 Å². The standard InChI is InChI=1S/C13H14ClNO3S/c1-16-10-5-9(7-14)6-11(17-2)13(10)18-8-12-15-3-4-19-12/h3-6H,7-8H2,1-2H3. The van der Waals surface area contributed by atoms with E-state index in [1.54, 1.807) is 20.4 Å². The normalized spacial score (nSPS) is 10.3. The predicted molar refractivity (Wildman–Crippen MR) is 75.5 cm³/mol. The Morgan fingerprint density at radius 1 is 1.21 bits per heavy atom. The lowest BCUT2D eigenvalue weighted by molar-refractivity contribution is 0.265. The molecule has 0 N–H and O–H groups in total. The van der Waals surface area contributed by atoms with E-state index in [0.717, 1.165) is 10.6 Å². The van der Waals surface area contributed by atoms with E-state index in [4.69, 9.17) is 25.8 Å². The first-order chi connectivity index (χ1) is 9.28. The molecule has 0 saturated heterocycles. The molecule has 0 spiro atoms. The van der Waals surface area contributed by atoms with Crippen molar-refractivity contribution >= 4 is 22.9 Å². The first-order valence-electron chi connectivity index (χ1n) is 5.60. The van der Waals surface area contributed by atoms with E-state index in [0.29, 0.717) is 29.7 Å². The molecule has 4 nitrogen and oxygen atoms in total. The fourth-order valence-electron chi connectivity index (χ4n) is 1.61. The van der Waals surface area contributed by atoms with Crippen LogP contribution in [0.3, 0.4) is 0 Å². The summed E-state index contributed by atoms with van der Waals surface area (Å²) in [6.45, 7) is 0.380. The smallest absolute Gasteiger partial charge is 0.203 e. The van der Waals surface area contributed by atoms with Gasteiger partial charge < -0.3 is 14.2 Å². The Bertz CT molecular complexity index is 506. The number of benzene rings is 1. The van der Waals surface area contributed by atoms with Crippen molar-refractivity contribution in [2.75, 3.05) is 14.2 Å². The molecule has 0 radical (unpaired) electrons. The summed E-state index contributed by atoms with van der Waals surface area (Å²) in [6.07, 6.45) is 1.74. The van der Waals surface area contributed by atoms with Gasteiger partial charge in [0.15, 0.2) is 11.5 Å². The molecule has 0 unspecified atom stereocenters. The van der Waals surface area contributed by atoms with Gasteiger partial charge in [-0.15, -0.1) is 22.9 Å². The van der Waals surface area contributed by atoms with E-state index >= 15 is 0 Å². The Morgan fingerprint density at radius 3 is 2.37 bits per heavy atom. The zero-order valence-corrected chi connectivity index (χ0v) is 12.3. The monoisotopic (exact) mass is 299 g/mol. The second kappa shape index (κ2) is 6.63. The van der Waals surface area contributed by atoms with Crippen LogP contribution < -0.4 is 14.2 Å². The van der Waals surface area contributed by atoms with Crippen LogP contribution in [0, 0.1) is 0 Å². The second-order valence-corrected chi connectivity index (χ2v) is 4.92. The van der Waals surface area contributed by atoms with Gasteiger partial charge >= 0.3 is 0 Å². The van der Waals surface area contributed by atoms with Gasteiger partial charge in [-0.1, -0.05) is 0 Å². The molecule has 6 heteroatoms. The Balaban J connectivity index is 2.26. The molecule has 0 aliphatic heterocycles. The zero-order chi connectivity index (χ0) is 13.7. The molecule has 0 aliphatic carbocycles. The van der Waals surface area contributed by atoms with Gasteiger partial charge in [-0.2, -0.15) is 0 Å². The number of hydrogen-bond donors (Lipinski definition) is 0. The quantitative estimate of drug-likeness (QED) is 0.766. The summed E-state index contributed by atoms with van der Waals surface area (Å²) in [5, 5.41) is 2.80. The Labute approximate surface area is 120 Å². The summed E-state index contributed by atoms with van der Waals surface area (Å²) in [7, 11) is 3.17. The number of methoxy groups -OCH3 is 2. The van der Waals surface area contributed by atoms with Crippen LogP contribution in [0.4, 0.5) is 0 Å². The van der Waals surface area contributed by atoms with E-state index in [-0.39, 0.29) is 0 Å². The topological polar surface area (TPSA) is 40.6 Å². The first kappa shape index (κ1) is 14.0. The summed E-state index contributed by atoms with van der Waals surface area (Å²) in [6, 6.07) is 3.68. The van der Waals surface area contributed by atoms with E-state index in [1.807, 2.05) is 17.5 Å². The molecule has 102 valence electrons. The Kier molecular flexibility index (Phi) is 4.87. The van der Waals surface area contributed by atoms with Gasteiger partial charge in [0.1, 0.15) is 11.6 Å². The number of rotatable bonds is 6. The number of halogens is 1. The van der Waals surface area contributed by atoms with Crippen molar-refractivity contribution in [1.82, 2.24) is 4.98 Å². The Hall–Kier alpha value is -1.46. The lowest BCUT2D eigenvalue weighted by Gasteiger charge is -2.15. The highest BCUT2D eigenvalue weighted by Gasteiger charge is 2.14. The number of thiazole rings is 1. The average Bonchev–Trinajstić information content (AvgIpc) is 2.97. The van der Waals surface area contributed by atoms with Crippen molar-refractivity contribution < 1.29 is 14.2 Å². The van der Waals surface area contributed by atoms with Crippen molar-refractivity contribution in [1.29, 1.82) is 0 Å². The molecule has 0 aliphatic rings. The molecular formula is C13H14ClNO3S. The van der Waals surface area contributed by atoms with Crippen molar-refractivity contribution in [3.63, 3.8) is 0 Å². The molecule has 2 rings (SSSR count). The van der Waals surface area contributed by atoms with Gasteiger partial charge in [0, 0.05) is 17.5 Å². The average molecular weight is 300 g/mol. The van der Waals surface area contributed by atoms with Crippen molar-refractivity contribution in [2.45, 2.75) is 12.5 Å². The van der Waals surface area contributed by atoms with Crippen LogP contribution in [0.2, 0.25) is 0 Å². The molecule has 0 saturated carbocycles. The molecule has 0 bridgehead atoms. The van der Waals surface area contributed by atoms with Crippen LogP contribution in [-0.4, -0.2) is 19.2 Å². The maximum atomic E-state index is 5.84. The number of alkyl halides is 1. The number of nitrogens with zero attached hydrogens (tertiary/aromatic N) is 1. The molecule has 19 heavy (non-hydrogen) atoms. The van der Waals surface area contributed by atoms with Crippen molar-refractivity contribution in [3.05, 3.63) is 34.3 Å². The lowest BCUT2D eigenvalue weighted by Crippen LogP contribution is -2.00. The fraction of sp³-hybridized carbons (Fsp3) is 0.308. The summed E-state index contributed by atoms with van der Waals surface area (Å²) in [5.41, 5.74) is 0.914. The van der Waals surface area contributed by atoms with Gasteiger partial charge in [-0.25, -0.2) is 4.98 Å². The number of aromatic nitrogens is 1. The van der Waals surface area contributed by atoms with E-state index in [2.05, 4.69) is 4.98 Å². The van der Waals surface area contributed by atoms with Crippen LogP contribution in [0.15, 0.2) is 23.7 Å². The van der Waals surface area contributed by atoms with Crippen LogP contribution >= 0.6 is 22.9 Å². The van der Waals surface area contributed by atoms with Gasteiger partial charge in [0.05, 0.1) is 14.2 Å². The van der Waals surface area contributed by atoms with Crippen LogP contribution in [-0.2, 0) is 12.5 Å². The minimum absolute atomic E-state index is 0.380. The maximum absolute atomic E-state index is 5.84. The maximum Gasteiger partial charge on any atom is 0.203 e. The highest BCUT2D eigenvalue weighted by Crippen LogP contribution is 2.39. The van der Waals surface area contributed by atoms with E-state index in [1.165, 1.54) is 11.3 Å². The third-order valence-corrected chi connectivity index (χ3v) is 3.56. The minimum Gasteiger partial charge on any atom is -0.493 e. The Morgan fingerprint density at radius 2 is 1.89 bits per heavy atom. The lowest BCUT2D eigenvalue weighted by atomic mass is 10.2. The third kappa shape index (κ3) is 3.30. The van der Waals surface area contributed by atoms with E-state index in [9.17, 15) is 0 Å². The molecule has 0 amide bonds. The van der Waals surface area contributed by atoms with Gasteiger partial charge in [-0.3, -0.25) is 0 Å². The second-order valence-electron chi connectivity index (χ2n) is 3.68. The molecule has 2 aromatic rings. The van der Waals surface area contributed by atoms with Gasteiger partial charge in [0.25, 0.3) is 0 Å². The van der Waals surface area contributed by atoms with Crippen molar-refractivity contribution in [2.24, 2.45) is 0 Å². The molecule has 0 fully saturated rings. The molecular weight excluding hydrogens is 286 g/mol. The summed E-state index contributed by atoms with van der Waals surface area (Å²) >= 11 is 7.37. The SMILES string of the molecule is COc1cc(CCl)cc(OC)c1OCc1nccs1. The largest absolute Gasteiger partial charge is 0.493 e. The molecule has 1 aromatic heterocycles.